The van der Waals surface area contributed by atoms with Crippen LogP contribution in [0.4, 0.5) is 5.69 Å². The van der Waals surface area contributed by atoms with Gasteiger partial charge in [-0.05, 0) is 74.1 Å². The van der Waals surface area contributed by atoms with Gasteiger partial charge < -0.3 is 10.1 Å². The van der Waals surface area contributed by atoms with Crippen LogP contribution in [0.2, 0.25) is 0 Å². The number of sulfonamides is 1. The molecule has 1 N–H and O–H groups in total. The Labute approximate surface area is 172 Å². The normalized spacial score (nSPS) is 14.2. The zero-order valence-corrected chi connectivity index (χ0v) is 18.0. The first-order chi connectivity index (χ1) is 13.8. The number of rotatable bonds is 8. The molecular weight excluding hydrogens is 388 g/mol. The quantitative estimate of drug-likeness (QED) is 0.717. The average Bonchev–Trinajstić information content (AvgIpc) is 3.14. The summed E-state index contributed by atoms with van der Waals surface area (Å²) < 4.78 is 31.1. The van der Waals surface area contributed by atoms with Crippen molar-refractivity contribution in [1.29, 1.82) is 0 Å². The average molecular weight is 417 g/mol. The lowest BCUT2D eigenvalue weighted by atomic mass is 10.0. The molecule has 0 saturated heterocycles. The highest BCUT2D eigenvalue weighted by Gasteiger charge is 2.22. The highest BCUT2D eigenvalue weighted by molar-refractivity contribution is 7.92. The minimum Gasteiger partial charge on any atom is -0.494 e. The van der Waals surface area contributed by atoms with Crippen LogP contribution < -0.4 is 14.4 Å². The van der Waals surface area contributed by atoms with Gasteiger partial charge in [0.05, 0.1) is 24.6 Å². The van der Waals surface area contributed by atoms with E-state index in [1.165, 1.54) is 17.5 Å². The summed E-state index contributed by atoms with van der Waals surface area (Å²) in [6, 6.07) is 12.8. The molecule has 0 aromatic heterocycles. The van der Waals surface area contributed by atoms with E-state index < -0.39 is 10.0 Å². The van der Waals surface area contributed by atoms with E-state index in [0.29, 0.717) is 18.0 Å². The van der Waals surface area contributed by atoms with Gasteiger partial charge in [0.25, 0.3) is 0 Å². The largest absolute Gasteiger partial charge is 0.494 e. The molecule has 0 radical (unpaired) electrons. The van der Waals surface area contributed by atoms with Gasteiger partial charge in [0, 0.05) is 0 Å². The maximum Gasteiger partial charge on any atom is 0.241 e. The number of anilines is 1. The van der Waals surface area contributed by atoms with Gasteiger partial charge in [-0.2, -0.15) is 0 Å². The highest BCUT2D eigenvalue weighted by Crippen LogP contribution is 2.26. The summed E-state index contributed by atoms with van der Waals surface area (Å²) in [7, 11) is -3.61. The lowest BCUT2D eigenvalue weighted by Crippen LogP contribution is -2.41. The minimum absolute atomic E-state index is 0.199. The fourth-order valence-corrected chi connectivity index (χ4v) is 4.49. The fraction of sp³-hybridized carbons (Fsp3) is 0.409. The van der Waals surface area contributed by atoms with Gasteiger partial charge in [-0.3, -0.25) is 9.10 Å². The van der Waals surface area contributed by atoms with E-state index in [9.17, 15) is 13.2 Å². The first-order valence-corrected chi connectivity index (χ1v) is 11.7. The van der Waals surface area contributed by atoms with Gasteiger partial charge >= 0.3 is 0 Å². The van der Waals surface area contributed by atoms with Crippen LogP contribution in [-0.2, 0) is 27.7 Å². The molecule has 6 nitrogen and oxygen atoms in total. The van der Waals surface area contributed by atoms with E-state index in [-0.39, 0.29) is 18.5 Å². The summed E-state index contributed by atoms with van der Waals surface area (Å²) in [5.74, 6) is 0.302. The molecule has 0 heterocycles. The van der Waals surface area contributed by atoms with Crippen molar-refractivity contribution >= 4 is 21.6 Å². The highest BCUT2D eigenvalue weighted by atomic mass is 32.2. The number of ether oxygens (including phenoxy) is 1. The van der Waals surface area contributed by atoms with E-state index in [2.05, 4.69) is 17.4 Å². The third-order valence-electron chi connectivity index (χ3n) is 5.12. The van der Waals surface area contributed by atoms with Crippen LogP contribution in [-0.4, -0.2) is 33.7 Å². The van der Waals surface area contributed by atoms with Crippen molar-refractivity contribution in [2.75, 3.05) is 23.7 Å². The van der Waals surface area contributed by atoms with Crippen molar-refractivity contribution in [3.8, 4) is 5.75 Å². The zero-order valence-electron chi connectivity index (χ0n) is 17.1. The van der Waals surface area contributed by atoms with E-state index in [4.69, 9.17) is 4.74 Å². The number of fused-ring (bicyclic) bond motifs is 1. The summed E-state index contributed by atoms with van der Waals surface area (Å²) in [4.78, 5) is 12.6. The van der Waals surface area contributed by atoms with E-state index >= 15 is 0 Å². The SMILES string of the molecule is CCOc1ccc(N(CC(=O)NC(C)c2ccc3c(c2)CCC3)S(C)(=O)=O)cc1. The molecule has 1 unspecified atom stereocenters. The van der Waals surface area contributed by atoms with E-state index in [1.807, 2.05) is 19.9 Å². The second-order valence-electron chi connectivity index (χ2n) is 7.37. The molecule has 0 spiro atoms. The summed E-state index contributed by atoms with van der Waals surface area (Å²) in [6.07, 6.45) is 4.46. The van der Waals surface area contributed by atoms with Gasteiger partial charge in [-0.25, -0.2) is 8.42 Å². The molecule has 1 aliphatic rings. The summed E-state index contributed by atoms with van der Waals surface area (Å²) in [5, 5.41) is 2.92. The second kappa shape index (κ2) is 8.86. The Hall–Kier alpha value is -2.54. The fourth-order valence-electron chi connectivity index (χ4n) is 3.64. The molecule has 29 heavy (non-hydrogen) atoms. The van der Waals surface area contributed by atoms with Crippen molar-refractivity contribution in [3.63, 3.8) is 0 Å². The van der Waals surface area contributed by atoms with E-state index in [0.717, 1.165) is 29.0 Å². The Morgan fingerprint density at radius 1 is 1.14 bits per heavy atom. The maximum absolute atomic E-state index is 12.6. The predicted octanol–water partition coefficient (Wildman–Crippen LogP) is 3.22. The number of hydrogen-bond donors (Lipinski definition) is 1. The van der Waals surface area contributed by atoms with Gasteiger partial charge in [0.1, 0.15) is 12.3 Å². The first kappa shape index (κ1) is 21.2. The molecule has 1 aliphatic carbocycles. The van der Waals surface area contributed by atoms with Crippen LogP contribution in [0.5, 0.6) is 5.75 Å². The van der Waals surface area contributed by atoms with Crippen molar-refractivity contribution < 1.29 is 17.9 Å². The number of amides is 1. The lowest BCUT2D eigenvalue weighted by Gasteiger charge is -2.23. The Morgan fingerprint density at radius 3 is 2.48 bits per heavy atom. The summed E-state index contributed by atoms with van der Waals surface area (Å²) in [6.45, 7) is 4.04. The zero-order chi connectivity index (χ0) is 21.0. The van der Waals surface area contributed by atoms with Crippen molar-refractivity contribution in [1.82, 2.24) is 5.32 Å². The Balaban J connectivity index is 1.70. The first-order valence-electron chi connectivity index (χ1n) is 9.89. The molecule has 1 amide bonds. The molecule has 7 heteroatoms. The number of benzene rings is 2. The third-order valence-corrected chi connectivity index (χ3v) is 6.26. The summed E-state index contributed by atoms with van der Waals surface area (Å²) in [5.41, 5.74) is 4.18. The van der Waals surface area contributed by atoms with Crippen LogP contribution in [0.25, 0.3) is 0 Å². The third kappa shape index (κ3) is 5.29. The molecule has 2 aromatic carbocycles. The molecule has 0 fully saturated rings. The molecule has 1 atom stereocenters. The Morgan fingerprint density at radius 2 is 1.83 bits per heavy atom. The lowest BCUT2D eigenvalue weighted by molar-refractivity contribution is -0.120. The molecule has 0 aliphatic heterocycles. The molecule has 3 rings (SSSR count). The number of carbonyl (C=O) groups excluding carboxylic acids is 1. The molecule has 156 valence electrons. The van der Waals surface area contributed by atoms with Crippen LogP contribution in [0.1, 0.15) is 43.0 Å². The van der Waals surface area contributed by atoms with Crippen LogP contribution in [0.3, 0.4) is 0 Å². The number of hydrogen-bond acceptors (Lipinski definition) is 4. The topological polar surface area (TPSA) is 75.7 Å². The van der Waals surface area contributed by atoms with Crippen LogP contribution in [0, 0.1) is 0 Å². The maximum atomic E-state index is 12.6. The predicted molar refractivity (Wildman–Crippen MR) is 115 cm³/mol. The van der Waals surface area contributed by atoms with Gasteiger partial charge in [0.15, 0.2) is 0 Å². The van der Waals surface area contributed by atoms with Crippen molar-refractivity contribution in [3.05, 3.63) is 59.2 Å². The van der Waals surface area contributed by atoms with Crippen LogP contribution >= 0.6 is 0 Å². The van der Waals surface area contributed by atoms with Crippen molar-refractivity contribution in [2.24, 2.45) is 0 Å². The number of nitrogens with zero attached hydrogens (tertiary/aromatic N) is 1. The number of carbonyl (C=O) groups is 1. The van der Waals surface area contributed by atoms with Gasteiger partial charge in [-0.15, -0.1) is 0 Å². The molecule has 2 aromatic rings. The standard InChI is InChI=1S/C22H28N2O4S/c1-4-28-21-12-10-20(11-13-21)24(29(3,26)27)15-22(25)23-16(2)18-9-8-17-6-5-7-19(17)14-18/h8-14,16H,4-7,15H2,1-3H3,(H,23,25). The number of nitrogens with one attached hydrogen (secondary N) is 1. The van der Waals surface area contributed by atoms with Gasteiger partial charge in [0.2, 0.25) is 15.9 Å². The monoisotopic (exact) mass is 416 g/mol. The Kier molecular flexibility index (Phi) is 6.47. The van der Waals surface area contributed by atoms with E-state index in [1.54, 1.807) is 24.3 Å². The van der Waals surface area contributed by atoms with Crippen LogP contribution in [0.15, 0.2) is 42.5 Å². The second-order valence-corrected chi connectivity index (χ2v) is 9.27. The molecule has 0 saturated carbocycles. The van der Waals surface area contributed by atoms with Gasteiger partial charge in [-0.1, -0.05) is 18.2 Å². The Bertz CT molecular complexity index is 971. The van der Waals surface area contributed by atoms with Crippen molar-refractivity contribution in [2.45, 2.75) is 39.2 Å². The smallest absolute Gasteiger partial charge is 0.241 e. The summed E-state index contributed by atoms with van der Waals surface area (Å²) >= 11 is 0. The minimum atomic E-state index is -3.61. The molecule has 0 bridgehead atoms. The molecular formula is C22H28N2O4S. The number of aryl methyl sites for hydroxylation is 2.